The molecular formula is C9H13N3OS. The molecule has 1 amide bonds. The lowest BCUT2D eigenvalue weighted by Crippen LogP contribution is -2.26. The molecule has 14 heavy (non-hydrogen) atoms. The molecule has 4 nitrogen and oxygen atoms in total. The topological polar surface area (TPSA) is 54.0 Å². The minimum Gasteiger partial charge on any atom is -0.309 e. The van der Waals surface area contributed by atoms with Gasteiger partial charge >= 0.3 is 0 Å². The van der Waals surface area contributed by atoms with E-state index >= 15 is 0 Å². The fraction of sp³-hybridized carbons (Fsp3) is 0.556. The van der Waals surface area contributed by atoms with Crippen molar-refractivity contribution in [2.45, 2.75) is 26.3 Å². The second kappa shape index (κ2) is 3.67. The van der Waals surface area contributed by atoms with Crippen molar-refractivity contribution >= 4 is 22.4 Å². The van der Waals surface area contributed by atoms with Crippen molar-refractivity contribution in [2.24, 2.45) is 0 Å². The van der Waals surface area contributed by atoms with Crippen molar-refractivity contribution in [3.8, 4) is 0 Å². The first kappa shape index (κ1) is 9.61. The summed E-state index contributed by atoms with van der Waals surface area (Å²) in [5.74, 6) is -0.0586. The Kier molecular flexibility index (Phi) is 2.52. The van der Waals surface area contributed by atoms with Crippen LogP contribution in [0.5, 0.6) is 0 Å². The molecule has 1 aromatic rings. The van der Waals surface area contributed by atoms with Crippen LogP contribution < -0.4 is 10.6 Å². The van der Waals surface area contributed by atoms with Crippen molar-refractivity contribution in [3.63, 3.8) is 0 Å². The van der Waals surface area contributed by atoms with Gasteiger partial charge in [0.05, 0.1) is 5.69 Å². The van der Waals surface area contributed by atoms with E-state index in [1.54, 1.807) is 11.3 Å². The van der Waals surface area contributed by atoms with Crippen molar-refractivity contribution < 1.29 is 4.79 Å². The van der Waals surface area contributed by atoms with E-state index in [9.17, 15) is 4.79 Å². The number of nitrogens with one attached hydrogen (secondary N) is 2. The van der Waals surface area contributed by atoms with E-state index in [2.05, 4.69) is 22.5 Å². The molecule has 0 saturated carbocycles. The molecule has 2 rings (SSSR count). The predicted molar refractivity (Wildman–Crippen MR) is 56.5 cm³/mol. The molecule has 5 heteroatoms. The molecule has 2 N–H and O–H groups in total. The van der Waals surface area contributed by atoms with E-state index < -0.39 is 0 Å². The standard InChI is InChI=1S/C9H13N3OS/c1-5-8-7(3-4-10-5)12-9(14-8)11-6(2)13/h5,10H,3-4H2,1-2H3,(H,11,12,13). The molecule has 1 unspecified atom stereocenters. The van der Waals surface area contributed by atoms with Gasteiger partial charge in [0.1, 0.15) is 0 Å². The molecular weight excluding hydrogens is 198 g/mol. The van der Waals surface area contributed by atoms with Crippen LogP contribution in [0.15, 0.2) is 0 Å². The van der Waals surface area contributed by atoms with Crippen LogP contribution in [0.4, 0.5) is 5.13 Å². The average Bonchev–Trinajstić information content (AvgIpc) is 2.47. The summed E-state index contributed by atoms with van der Waals surface area (Å²) in [5, 5.41) is 6.81. The molecule has 0 aromatic carbocycles. The molecule has 2 heterocycles. The summed E-state index contributed by atoms with van der Waals surface area (Å²) in [4.78, 5) is 16.5. The highest BCUT2D eigenvalue weighted by Crippen LogP contribution is 2.31. The summed E-state index contributed by atoms with van der Waals surface area (Å²) in [5.41, 5.74) is 1.13. The predicted octanol–water partition coefficient (Wildman–Crippen LogP) is 1.31. The zero-order valence-electron chi connectivity index (χ0n) is 8.26. The zero-order valence-corrected chi connectivity index (χ0v) is 9.07. The van der Waals surface area contributed by atoms with Crippen molar-refractivity contribution in [1.29, 1.82) is 0 Å². The summed E-state index contributed by atoms with van der Waals surface area (Å²) in [6.45, 7) is 4.59. The Morgan fingerprint density at radius 1 is 1.71 bits per heavy atom. The number of thiazole rings is 1. The van der Waals surface area contributed by atoms with Gasteiger partial charge in [-0.05, 0) is 6.92 Å². The van der Waals surface area contributed by atoms with Crippen molar-refractivity contribution in [3.05, 3.63) is 10.6 Å². The molecule has 1 atom stereocenters. The minimum absolute atomic E-state index is 0.0586. The SMILES string of the molecule is CC(=O)Nc1nc2c(s1)C(C)NCC2. The maximum atomic E-state index is 10.8. The lowest BCUT2D eigenvalue weighted by Gasteiger charge is -2.18. The highest BCUT2D eigenvalue weighted by atomic mass is 32.1. The fourth-order valence-electron chi connectivity index (χ4n) is 1.58. The number of amides is 1. The molecule has 0 spiro atoms. The molecule has 1 aliphatic heterocycles. The van der Waals surface area contributed by atoms with E-state index in [0.717, 1.165) is 23.8 Å². The number of hydrogen-bond donors (Lipinski definition) is 2. The van der Waals surface area contributed by atoms with E-state index in [0.29, 0.717) is 6.04 Å². The van der Waals surface area contributed by atoms with Gasteiger partial charge in [0.25, 0.3) is 0 Å². The smallest absolute Gasteiger partial charge is 0.223 e. The summed E-state index contributed by atoms with van der Waals surface area (Å²) in [6, 6.07) is 0.360. The molecule has 0 aliphatic carbocycles. The fourth-order valence-corrected chi connectivity index (χ4v) is 2.67. The van der Waals surface area contributed by atoms with E-state index in [1.165, 1.54) is 11.8 Å². The molecule has 0 fully saturated rings. The first-order chi connectivity index (χ1) is 6.66. The second-order valence-corrected chi connectivity index (χ2v) is 4.47. The third kappa shape index (κ3) is 1.78. The lowest BCUT2D eigenvalue weighted by molar-refractivity contribution is -0.114. The Hall–Kier alpha value is -0.940. The van der Waals surface area contributed by atoms with Crippen LogP contribution in [-0.2, 0) is 11.2 Å². The summed E-state index contributed by atoms with van der Waals surface area (Å²) in [7, 11) is 0. The van der Waals surface area contributed by atoms with Crippen LogP contribution in [0.1, 0.15) is 30.5 Å². The molecule has 0 radical (unpaired) electrons. The van der Waals surface area contributed by atoms with Crippen LogP contribution >= 0.6 is 11.3 Å². The molecule has 0 saturated heterocycles. The molecule has 1 aliphatic rings. The van der Waals surface area contributed by atoms with Gasteiger partial charge in [-0.15, -0.1) is 0 Å². The first-order valence-electron chi connectivity index (χ1n) is 4.67. The lowest BCUT2D eigenvalue weighted by atomic mass is 10.1. The van der Waals surface area contributed by atoms with Crippen LogP contribution in [0.25, 0.3) is 0 Å². The summed E-state index contributed by atoms with van der Waals surface area (Å²) in [6.07, 6.45) is 0.954. The number of anilines is 1. The van der Waals surface area contributed by atoms with Crippen LogP contribution in [0.3, 0.4) is 0 Å². The van der Waals surface area contributed by atoms with Crippen LogP contribution in [0.2, 0.25) is 0 Å². The minimum atomic E-state index is -0.0586. The number of aromatic nitrogens is 1. The quantitative estimate of drug-likeness (QED) is 0.736. The van der Waals surface area contributed by atoms with Gasteiger partial charge in [-0.25, -0.2) is 4.98 Å². The van der Waals surface area contributed by atoms with E-state index in [-0.39, 0.29) is 5.91 Å². The van der Waals surface area contributed by atoms with Gasteiger partial charge in [0, 0.05) is 30.8 Å². The van der Waals surface area contributed by atoms with Crippen LogP contribution in [0, 0.1) is 0 Å². The number of nitrogens with zero attached hydrogens (tertiary/aromatic N) is 1. The number of hydrogen-bond acceptors (Lipinski definition) is 4. The third-order valence-electron chi connectivity index (χ3n) is 2.22. The summed E-state index contributed by atoms with van der Waals surface area (Å²) < 4.78 is 0. The average molecular weight is 211 g/mol. The summed E-state index contributed by atoms with van der Waals surface area (Å²) >= 11 is 1.57. The molecule has 76 valence electrons. The maximum Gasteiger partial charge on any atom is 0.223 e. The maximum absolute atomic E-state index is 10.8. The largest absolute Gasteiger partial charge is 0.309 e. The number of rotatable bonds is 1. The zero-order chi connectivity index (χ0) is 10.1. The van der Waals surface area contributed by atoms with Gasteiger partial charge in [-0.3, -0.25) is 4.79 Å². The van der Waals surface area contributed by atoms with E-state index in [4.69, 9.17) is 0 Å². The van der Waals surface area contributed by atoms with Gasteiger partial charge in [0.2, 0.25) is 5.91 Å². The van der Waals surface area contributed by atoms with Gasteiger partial charge in [-0.2, -0.15) is 0 Å². The van der Waals surface area contributed by atoms with Gasteiger partial charge in [0.15, 0.2) is 5.13 Å². The third-order valence-corrected chi connectivity index (χ3v) is 3.41. The van der Waals surface area contributed by atoms with Gasteiger partial charge < -0.3 is 10.6 Å². The monoisotopic (exact) mass is 211 g/mol. The van der Waals surface area contributed by atoms with Crippen molar-refractivity contribution in [2.75, 3.05) is 11.9 Å². The number of carbonyl (C=O) groups is 1. The second-order valence-electron chi connectivity index (χ2n) is 3.44. The first-order valence-corrected chi connectivity index (χ1v) is 5.49. The molecule has 0 bridgehead atoms. The number of carbonyl (C=O) groups excluding carboxylic acids is 1. The Morgan fingerprint density at radius 3 is 3.14 bits per heavy atom. The highest BCUT2D eigenvalue weighted by Gasteiger charge is 2.20. The van der Waals surface area contributed by atoms with Crippen LogP contribution in [-0.4, -0.2) is 17.4 Å². The Balaban J connectivity index is 2.26. The number of fused-ring (bicyclic) bond motifs is 1. The Bertz CT molecular complexity index is 361. The van der Waals surface area contributed by atoms with Crippen molar-refractivity contribution in [1.82, 2.24) is 10.3 Å². The van der Waals surface area contributed by atoms with E-state index in [1.807, 2.05) is 0 Å². The molecule has 1 aromatic heterocycles. The Morgan fingerprint density at radius 2 is 2.50 bits per heavy atom. The highest BCUT2D eigenvalue weighted by molar-refractivity contribution is 7.16. The normalized spacial score (nSPS) is 20.3. The van der Waals surface area contributed by atoms with Gasteiger partial charge in [-0.1, -0.05) is 11.3 Å². The Labute approximate surface area is 86.7 Å².